The van der Waals surface area contributed by atoms with Crippen LogP contribution in [0.4, 0.5) is 0 Å². The van der Waals surface area contributed by atoms with Crippen molar-refractivity contribution in [3.63, 3.8) is 0 Å². The predicted octanol–water partition coefficient (Wildman–Crippen LogP) is 2.07. The van der Waals surface area contributed by atoms with Gasteiger partial charge in [-0.25, -0.2) is 0 Å². The van der Waals surface area contributed by atoms with Gasteiger partial charge in [0.05, 0.1) is 6.54 Å². The Labute approximate surface area is 99.5 Å². The quantitative estimate of drug-likeness (QED) is 0.706. The first-order valence-corrected chi connectivity index (χ1v) is 8.56. The molecular formula is C11H25NO3Si. The molecule has 0 rings (SSSR count). The number of hydrogen-bond acceptors (Lipinski definition) is 3. The second-order valence-corrected chi connectivity index (χ2v) is 10.6. The Morgan fingerprint density at radius 2 is 1.94 bits per heavy atom. The third-order valence-electron chi connectivity index (χ3n) is 3.10. The largest absolute Gasteiger partial charge is 0.480 e. The molecule has 0 aliphatic rings. The zero-order chi connectivity index (χ0) is 13.0. The molecule has 0 fully saturated rings. The van der Waals surface area contributed by atoms with Crippen LogP contribution < -0.4 is 5.32 Å². The molecule has 96 valence electrons. The zero-order valence-electron chi connectivity index (χ0n) is 11.3. The maximum atomic E-state index is 10.4. The normalized spacial score (nSPS) is 14.9. The Morgan fingerprint density at radius 3 is 2.31 bits per heavy atom. The number of rotatable bonds is 6. The fraction of sp³-hybridized carbons (Fsp3) is 0.909. The molecule has 0 spiro atoms. The highest BCUT2D eigenvalue weighted by Crippen LogP contribution is 2.36. The van der Waals surface area contributed by atoms with Crippen molar-refractivity contribution in [3.8, 4) is 0 Å². The van der Waals surface area contributed by atoms with Crippen LogP contribution in [0.2, 0.25) is 18.1 Å². The topological polar surface area (TPSA) is 58.6 Å². The van der Waals surface area contributed by atoms with E-state index in [-0.39, 0.29) is 17.6 Å². The van der Waals surface area contributed by atoms with Crippen LogP contribution in [0.25, 0.3) is 0 Å². The first-order valence-electron chi connectivity index (χ1n) is 5.65. The summed E-state index contributed by atoms with van der Waals surface area (Å²) < 4.78 is 5.97. The van der Waals surface area contributed by atoms with Gasteiger partial charge in [0.2, 0.25) is 0 Å². The lowest BCUT2D eigenvalue weighted by molar-refractivity contribution is -0.136. The first kappa shape index (κ1) is 15.6. The van der Waals surface area contributed by atoms with Gasteiger partial charge in [0.25, 0.3) is 0 Å². The third-order valence-corrected chi connectivity index (χ3v) is 7.60. The molecule has 0 saturated heterocycles. The minimum Gasteiger partial charge on any atom is -0.480 e. The molecule has 4 nitrogen and oxygen atoms in total. The van der Waals surface area contributed by atoms with Crippen molar-refractivity contribution in [2.45, 2.75) is 51.9 Å². The van der Waals surface area contributed by atoms with Crippen LogP contribution in [-0.4, -0.2) is 38.6 Å². The minimum absolute atomic E-state index is 0.0119. The highest BCUT2D eigenvalue weighted by Gasteiger charge is 2.37. The minimum atomic E-state index is -1.71. The fourth-order valence-corrected chi connectivity index (χ4v) is 1.97. The van der Waals surface area contributed by atoms with Crippen molar-refractivity contribution in [3.05, 3.63) is 0 Å². The molecule has 16 heavy (non-hydrogen) atoms. The van der Waals surface area contributed by atoms with Gasteiger partial charge in [0, 0.05) is 12.6 Å². The molecule has 0 aliphatic carbocycles. The third kappa shape index (κ3) is 5.63. The van der Waals surface area contributed by atoms with E-state index in [4.69, 9.17) is 9.53 Å². The van der Waals surface area contributed by atoms with Crippen LogP contribution in [-0.2, 0) is 9.22 Å². The summed E-state index contributed by atoms with van der Waals surface area (Å²) in [5.41, 5.74) is 0. The summed E-state index contributed by atoms with van der Waals surface area (Å²) in [5.74, 6) is -0.834. The Balaban J connectivity index is 4.00. The van der Waals surface area contributed by atoms with E-state index in [0.717, 1.165) is 0 Å². The molecule has 0 saturated carbocycles. The smallest absolute Gasteiger partial charge is 0.317 e. The molecule has 0 aromatic rings. The van der Waals surface area contributed by atoms with Crippen molar-refractivity contribution >= 4 is 14.3 Å². The van der Waals surface area contributed by atoms with Crippen molar-refractivity contribution in [1.29, 1.82) is 0 Å². The van der Waals surface area contributed by atoms with Gasteiger partial charge in [0.15, 0.2) is 8.32 Å². The fourth-order valence-electron chi connectivity index (χ4n) is 0.870. The standard InChI is InChI=1S/C11H25NO3Si/c1-9(12-7-10(13)14)8-15-16(5,6)11(2,3)4/h9,12H,7-8H2,1-6H3,(H,13,14)/t9-/m0/s1. The molecule has 0 unspecified atom stereocenters. The predicted molar refractivity (Wildman–Crippen MR) is 68.2 cm³/mol. The number of aliphatic carboxylic acids is 1. The maximum absolute atomic E-state index is 10.4. The van der Waals surface area contributed by atoms with Crippen LogP contribution in [0.5, 0.6) is 0 Å². The van der Waals surface area contributed by atoms with Crippen molar-refractivity contribution in [1.82, 2.24) is 5.32 Å². The van der Waals surface area contributed by atoms with E-state index in [9.17, 15) is 4.79 Å². The molecule has 0 aromatic heterocycles. The number of carboxylic acid groups (broad SMARTS) is 1. The van der Waals surface area contributed by atoms with Gasteiger partial charge in [-0.3, -0.25) is 4.79 Å². The molecule has 2 N–H and O–H groups in total. The number of carboxylic acids is 1. The molecule has 1 atom stereocenters. The van der Waals surface area contributed by atoms with E-state index < -0.39 is 14.3 Å². The molecule has 0 aliphatic heterocycles. The summed E-state index contributed by atoms with van der Waals surface area (Å²) in [7, 11) is -1.71. The van der Waals surface area contributed by atoms with Crippen molar-refractivity contribution < 1.29 is 14.3 Å². The highest BCUT2D eigenvalue weighted by atomic mass is 28.4. The van der Waals surface area contributed by atoms with Gasteiger partial charge < -0.3 is 14.8 Å². The molecule has 5 heteroatoms. The lowest BCUT2D eigenvalue weighted by atomic mass is 10.2. The summed E-state index contributed by atoms with van der Waals surface area (Å²) >= 11 is 0. The van der Waals surface area contributed by atoms with Crippen LogP contribution in [0, 0.1) is 0 Å². The summed E-state index contributed by atoms with van der Waals surface area (Å²) in [6.45, 7) is 13.5. The van der Waals surface area contributed by atoms with E-state index in [1.807, 2.05) is 6.92 Å². The van der Waals surface area contributed by atoms with Crippen LogP contribution in [0.1, 0.15) is 27.7 Å². The second-order valence-electron chi connectivity index (χ2n) is 5.75. The lowest BCUT2D eigenvalue weighted by Crippen LogP contribution is -2.45. The summed E-state index contributed by atoms with van der Waals surface area (Å²) in [4.78, 5) is 10.4. The van der Waals surface area contributed by atoms with E-state index >= 15 is 0 Å². The number of carbonyl (C=O) groups is 1. The van der Waals surface area contributed by atoms with E-state index in [1.54, 1.807) is 0 Å². The maximum Gasteiger partial charge on any atom is 0.317 e. The molecule has 0 radical (unpaired) electrons. The monoisotopic (exact) mass is 247 g/mol. The van der Waals surface area contributed by atoms with E-state index in [1.165, 1.54) is 0 Å². The van der Waals surface area contributed by atoms with Gasteiger partial charge >= 0.3 is 5.97 Å². The van der Waals surface area contributed by atoms with Crippen molar-refractivity contribution in [2.75, 3.05) is 13.2 Å². The Morgan fingerprint density at radius 1 is 1.44 bits per heavy atom. The van der Waals surface area contributed by atoms with Gasteiger partial charge in [-0.1, -0.05) is 20.8 Å². The van der Waals surface area contributed by atoms with Gasteiger partial charge in [-0.05, 0) is 25.1 Å². The Bertz CT molecular complexity index is 236. The average Bonchev–Trinajstić information content (AvgIpc) is 2.09. The molecule has 0 heterocycles. The number of nitrogens with one attached hydrogen (secondary N) is 1. The zero-order valence-corrected chi connectivity index (χ0v) is 12.3. The number of hydrogen-bond donors (Lipinski definition) is 2. The van der Waals surface area contributed by atoms with E-state index in [2.05, 4.69) is 39.2 Å². The average molecular weight is 247 g/mol. The van der Waals surface area contributed by atoms with Crippen LogP contribution in [0.3, 0.4) is 0 Å². The van der Waals surface area contributed by atoms with Crippen LogP contribution in [0.15, 0.2) is 0 Å². The van der Waals surface area contributed by atoms with Crippen LogP contribution >= 0.6 is 0 Å². The van der Waals surface area contributed by atoms with Gasteiger partial charge in [0.1, 0.15) is 0 Å². The van der Waals surface area contributed by atoms with E-state index in [0.29, 0.717) is 6.61 Å². The van der Waals surface area contributed by atoms with Crippen molar-refractivity contribution in [2.24, 2.45) is 0 Å². The molecule has 0 bridgehead atoms. The summed E-state index contributed by atoms with van der Waals surface area (Å²) in [6, 6.07) is 0.0743. The van der Waals surface area contributed by atoms with Gasteiger partial charge in [-0.2, -0.15) is 0 Å². The Kier molecular flexibility index (Phi) is 5.65. The lowest BCUT2D eigenvalue weighted by Gasteiger charge is -2.37. The summed E-state index contributed by atoms with van der Waals surface area (Å²) in [5, 5.41) is 11.6. The SMILES string of the molecule is C[C@@H](CO[Si](C)(C)C(C)(C)C)NCC(=O)O. The second kappa shape index (κ2) is 5.79. The Hall–Kier alpha value is -0.393. The van der Waals surface area contributed by atoms with Gasteiger partial charge in [-0.15, -0.1) is 0 Å². The molecular weight excluding hydrogens is 222 g/mol. The highest BCUT2D eigenvalue weighted by molar-refractivity contribution is 6.74. The summed E-state index contributed by atoms with van der Waals surface area (Å²) in [6.07, 6.45) is 0. The molecule has 0 aromatic carbocycles. The first-order chi connectivity index (χ1) is 7.06. The molecule has 0 amide bonds.